The standard InChI is InChI=1S/C19H23N3O2S/c1-19(2,3)17-20-18(22-21-17)25-12-15(23)11-24-16-9-8-13-6-4-5-7-14(13)10-16/h4-10,15,23H,11-12H2,1-3H3,(H,20,21,22). The van der Waals surface area contributed by atoms with Crippen LogP contribution in [0.1, 0.15) is 26.6 Å². The van der Waals surface area contributed by atoms with E-state index in [2.05, 4.69) is 42.0 Å². The lowest BCUT2D eigenvalue weighted by molar-refractivity contribution is 0.126. The molecular weight excluding hydrogens is 334 g/mol. The maximum absolute atomic E-state index is 10.1. The maximum atomic E-state index is 10.1. The number of aliphatic hydroxyl groups excluding tert-OH is 1. The second-order valence-electron chi connectivity index (χ2n) is 7.00. The molecule has 0 amide bonds. The molecule has 0 aliphatic rings. The third-order valence-electron chi connectivity index (χ3n) is 3.74. The van der Waals surface area contributed by atoms with Crippen molar-refractivity contribution in [2.75, 3.05) is 12.4 Å². The van der Waals surface area contributed by atoms with Gasteiger partial charge in [-0.1, -0.05) is 62.9 Å². The van der Waals surface area contributed by atoms with Crippen LogP contribution in [0.5, 0.6) is 5.75 Å². The number of aromatic amines is 1. The minimum atomic E-state index is -0.590. The van der Waals surface area contributed by atoms with E-state index in [4.69, 9.17) is 4.74 Å². The number of nitrogens with one attached hydrogen (secondary N) is 1. The number of hydrogen-bond acceptors (Lipinski definition) is 5. The van der Waals surface area contributed by atoms with Crippen LogP contribution in [0.25, 0.3) is 10.8 Å². The van der Waals surface area contributed by atoms with E-state index in [0.717, 1.165) is 17.0 Å². The summed E-state index contributed by atoms with van der Waals surface area (Å²) in [4.78, 5) is 4.45. The number of thioether (sulfide) groups is 1. The second kappa shape index (κ2) is 7.45. The predicted molar refractivity (Wildman–Crippen MR) is 101 cm³/mol. The van der Waals surface area contributed by atoms with Crippen LogP contribution >= 0.6 is 11.8 Å². The molecule has 0 saturated heterocycles. The van der Waals surface area contributed by atoms with Gasteiger partial charge in [0.25, 0.3) is 0 Å². The highest BCUT2D eigenvalue weighted by Gasteiger charge is 2.19. The molecule has 2 N–H and O–H groups in total. The summed E-state index contributed by atoms with van der Waals surface area (Å²) in [6, 6.07) is 14.1. The fourth-order valence-corrected chi connectivity index (χ4v) is 3.02. The number of ether oxygens (including phenoxy) is 1. The van der Waals surface area contributed by atoms with Crippen LogP contribution < -0.4 is 4.74 Å². The van der Waals surface area contributed by atoms with Crippen molar-refractivity contribution in [2.45, 2.75) is 37.4 Å². The SMILES string of the molecule is CC(C)(C)c1nc(SCC(O)COc2ccc3ccccc3c2)n[nH]1. The Hall–Kier alpha value is -2.05. The van der Waals surface area contributed by atoms with Crippen LogP contribution in [0, 0.1) is 0 Å². The van der Waals surface area contributed by atoms with Gasteiger partial charge in [0.1, 0.15) is 18.2 Å². The van der Waals surface area contributed by atoms with E-state index in [0.29, 0.717) is 10.9 Å². The van der Waals surface area contributed by atoms with Crippen LogP contribution in [0.15, 0.2) is 47.6 Å². The van der Waals surface area contributed by atoms with Gasteiger partial charge in [0.15, 0.2) is 0 Å². The summed E-state index contributed by atoms with van der Waals surface area (Å²) < 4.78 is 5.71. The van der Waals surface area contributed by atoms with Crippen LogP contribution in [0.4, 0.5) is 0 Å². The van der Waals surface area contributed by atoms with Gasteiger partial charge >= 0.3 is 0 Å². The molecule has 0 aliphatic carbocycles. The summed E-state index contributed by atoms with van der Waals surface area (Å²) in [5.41, 5.74) is -0.0659. The van der Waals surface area contributed by atoms with E-state index in [1.807, 2.05) is 36.4 Å². The normalized spacial score (nSPS) is 13.1. The van der Waals surface area contributed by atoms with Crippen molar-refractivity contribution in [2.24, 2.45) is 0 Å². The summed E-state index contributed by atoms with van der Waals surface area (Å²) in [7, 11) is 0. The molecule has 0 aliphatic heterocycles. The monoisotopic (exact) mass is 357 g/mol. The minimum Gasteiger partial charge on any atom is -0.491 e. The summed E-state index contributed by atoms with van der Waals surface area (Å²) in [5.74, 6) is 2.09. The van der Waals surface area contributed by atoms with E-state index in [1.54, 1.807) is 0 Å². The summed E-state index contributed by atoms with van der Waals surface area (Å²) >= 11 is 1.42. The molecule has 0 bridgehead atoms. The van der Waals surface area contributed by atoms with Crippen molar-refractivity contribution in [3.63, 3.8) is 0 Å². The fourth-order valence-electron chi connectivity index (χ4n) is 2.31. The lowest BCUT2D eigenvalue weighted by Crippen LogP contribution is -2.20. The largest absolute Gasteiger partial charge is 0.491 e. The quantitative estimate of drug-likeness (QED) is 0.657. The summed E-state index contributed by atoms with van der Waals surface area (Å²) in [6.07, 6.45) is -0.590. The van der Waals surface area contributed by atoms with Gasteiger partial charge in [-0.3, -0.25) is 5.10 Å². The summed E-state index contributed by atoms with van der Waals surface area (Å²) in [6.45, 7) is 6.47. The molecule has 3 rings (SSSR count). The topological polar surface area (TPSA) is 71.0 Å². The smallest absolute Gasteiger partial charge is 0.208 e. The molecule has 3 aromatic rings. The van der Waals surface area contributed by atoms with Crippen molar-refractivity contribution >= 4 is 22.5 Å². The van der Waals surface area contributed by atoms with Crippen LogP contribution in [-0.2, 0) is 5.41 Å². The lowest BCUT2D eigenvalue weighted by atomic mass is 9.96. The average Bonchev–Trinajstić information content (AvgIpc) is 3.07. The minimum absolute atomic E-state index is 0.0659. The van der Waals surface area contributed by atoms with Gasteiger partial charge in [-0.05, 0) is 22.9 Å². The zero-order chi connectivity index (χ0) is 17.9. The van der Waals surface area contributed by atoms with Gasteiger partial charge in [-0.2, -0.15) is 0 Å². The van der Waals surface area contributed by atoms with Crippen molar-refractivity contribution in [1.29, 1.82) is 0 Å². The Balaban J connectivity index is 1.50. The number of rotatable bonds is 6. The van der Waals surface area contributed by atoms with Gasteiger partial charge < -0.3 is 9.84 Å². The molecule has 1 atom stereocenters. The van der Waals surface area contributed by atoms with Crippen LogP contribution in [0.2, 0.25) is 0 Å². The Morgan fingerprint density at radius 3 is 2.64 bits per heavy atom. The van der Waals surface area contributed by atoms with Crippen LogP contribution in [0.3, 0.4) is 0 Å². The zero-order valence-corrected chi connectivity index (χ0v) is 15.5. The van der Waals surface area contributed by atoms with Crippen molar-refractivity contribution in [1.82, 2.24) is 15.2 Å². The molecule has 6 heteroatoms. The zero-order valence-electron chi connectivity index (χ0n) is 14.7. The molecular formula is C19H23N3O2S. The molecule has 1 aromatic heterocycles. The number of aliphatic hydroxyl groups is 1. The highest BCUT2D eigenvalue weighted by molar-refractivity contribution is 7.99. The second-order valence-corrected chi connectivity index (χ2v) is 7.99. The van der Waals surface area contributed by atoms with Crippen molar-refractivity contribution in [3.8, 4) is 5.75 Å². The third kappa shape index (κ3) is 4.74. The Labute approximate surface area is 151 Å². The molecule has 1 heterocycles. The molecule has 132 valence electrons. The Kier molecular flexibility index (Phi) is 5.30. The highest BCUT2D eigenvalue weighted by Crippen LogP contribution is 2.23. The van der Waals surface area contributed by atoms with Gasteiger partial charge in [0, 0.05) is 11.2 Å². The van der Waals surface area contributed by atoms with Crippen molar-refractivity contribution < 1.29 is 9.84 Å². The van der Waals surface area contributed by atoms with Gasteiger partial charge in [0.2, 0.25) is 5.16 Å². The number of fused-ring (bicyclic) bond motifs is 1. The molecule has 0 radical (unpaired) electrons. The molecule has 25 heavy (non-hydrogen) atoms. The van der Waals surface area contributed by atoms with E-state index < -0.39 is 6.10 Å². The Bertz CT molecular complexity index is 842. The molecule has 0 saturated carbocycles. The molecule has 0 fully saturated rings. The van der Waals surface area contributed by atoms with E-state index >= 15 is 0 Å². The number of aromatic nitrogens is 3. The average molecular weight is 357 g/mol. The first-order valence-corrected chi connectivity index (χ1v) is 9.26. The maximum Gasteiger partial charge on any atom is 0.208 e. The number of hydrogen-bond donors (Lipinski definition) is 2. The van der Waals surface area contributed by atoms with Crippen molar-refractivity contribution in [3.05, 3.63) is 48.3 Å². The number of nitrogens with zero attached hydrogens (tertiary/aromatic N) is 2. The first kappa shape index (κ1) is 17.8. The van der Waals surface area contributed by atoms with Gasteiger partial charge in [-0.25, -0.2) is 4.98 Å². The molecule has 2 aromatic carbocycles. The van der Waals surface area contributed by atoms with Crippen LogP contribution in [-0.4, -0.2) is 38.8 Å². The summed E-state index contributed by atoms with van der Waals surface area (Å²) in [5, 5.41) is 20.2. The van der Waals surface area contributed by atoms with E-state index in [-0.39, 0.29) is 12.0 Å². The van der Waals surface area contributed by atoms with E-state index in [9.17, 15) is 5.11 Å². The Morgan fingerprint density at radius 1 is 1.16 bits per heavy atom. The number of benzene rings is 2. The molecule has 5 nitrogen and oxygen atoms in total. The molecule has 0 spiro atoms. The fraction of sp³-hybridized carbons (Fsp3) is 0.368. The predicted octanol–water partition coefficient (Wildman–Crippen LogP) is 3.79. The van der Waals surface area contributed by atoms with E-state index in [1.165, 1.54) is 17.1 Å². The third-order valence-corrected chi connectivity index (χ3v) is 4.74. The first-order valence-electron chi connectivity index (χ1n) is 8.27. The highest BCUT2D eigenvalue weighted by atomic mass is 32.2. The number of H-pyrrole nitrogens is 1. The lowest BCUT2D eigenvalue weighted by Gasteiger charge is -2.13. The van der Waals surface area contributed by atoms with Gasteiger partial charge in [-0.15, -0.1) is 5.10 Å². The first-order chi connectivity index (χ1) is 11.9. The molecule has 1 unspecified atom stereocenters. The van der Waals surface area contributed by atoms with Gasteiger partial charge in [0.05, 0.1) is 6.10 Å². The Morgan fingerprint density at radius 2 is 1.92 bits per heavy atom.